The number of benzene rings is 8. The standard InChI is InChI=1S/C49H33N/c1-3-15-34(16-4-1)35-27-29-37(30-28-35)50(48-26-14-10-19-39(48)36-17-5-2-6-18-36)38-31-32-43-42-22-9-13-25-46(42)49(47(43)33-38)44-23-11-7-20-40(44)41-21-8-12-24-45(41)49/h1-33H. The van der Waals surface area contributed by atoms with Gasteiger partial charge in [-0.15, -0.1) is 0 Å². The Labute approximate surface area is 293 Å². The Balaban J connectivity index is 1.23. The van der Waals surface area contributed by atoms with Gasteiger partial charge in [-0.3, -0.25) is 0 Å². The van der Waals surface area contributed by atoms with Crippen molar-refractivity contribution >= 4 is 17.1 Å². The lowest BCUT2D eigenvalue weighted by atomic mass is 9.70. The number of hydrogen-bond acceptors (Lipinski definition) is 1. The first-order valence-electron chi connectivity index (χ1n) is 17.4. The molecular weight excluding hydrogens is 603 g/mol. The van der Waals surface area contributed by atoms with Crippen LogP contribution in [0.25, 0.3) is 44.5 Å². The van der Waals surface area contributed by atoms with E-state index < -0.39 is 5.41 Å². The summed E-state index contributed by atoms with van der Waals surface area (Å²) in [6, 6.07) is 73.4. The molecule has 0 unspecified atom stereocenters. The molecule has 0 aliphatic heterocycles. The molecule has 0 bridgehead atoms. The molecule has 0 aromatic heterocycles. The predicted octanol–water partition coefficient (Wildman–Crippen LogP) is 12.8. The highest BCUT2D eigenvalue weighted by Gasteiger charge is 2.51. The molecule has 8 aromatic rings. The molecular formula is C49H33N. The Morgan fingerprint density at radius 1 is 0.280 bits per heavy atom. The summed E-state index contributed by atoms with van der Waals surface area (Å²) in [6.45, 7) is 0. The molecule has 1 spiro atoms. The van der Waals surface area contributed by atoms with Crippen LogP contribution in [-0.2, 0) is 5.41 Å². The van der Waals surface area contributed by atoms with Crippen molar-refractivity contribution in [1.29, 1.82) is 0 Å². The third-order valence-electron chi connectivity index (χ3n) is 10.7. The normalized spacial score (nSPS) is 13.0. The molecule has 50 heavy (non-hydrogen) atoms. The van der Waals surface area contributed by atoms with Crippen molar-refractivity contribution in [3.8, 4) is 44.5 Å². The Morgan fingerprint density at radius 2 is 0.700 bits per heavy atom. The molecule has 234 valence electrons. The van der Waals surface area contributed by atoms with Crippen LogP contribution in [0.2, 0.25) is 0 Å². The van der Waals surface area contributed by atoms with E-state index in [-0.39, 0.29) is 0 Å². The van der Waals surface area contributed by atoms with Gasteiger partial charge in [0.25, 0.3) is 0 Å². The van der Waals surface area contributed by atoms with Crippen LogP contribution >= 0.6 is 0 Å². The van der Waals surface area contributed by atoms with Crippen LogP contribution in [0.1, 0.15) is 22.3 Å². The van der Waals surface area contributed by atoms with Crippen LogP contribution in [0.4, 0.5) is 17.1 Å². The van der Waals surface area contributed by atoms with Crippen LogP contribution in [0.15, 0.2) is 200 Å². The largest absolute Gasteiger partial charge is 0.310 e. The van der Waals surface area contributed by atoms with Crippen molar-refractivity contribution in [2.75, 3.05) is 4.90 Å². The molecule has 8 aromatic carbocycles. The predicted molar refractivity (Wildman–Crippen MR) is 208 cm³/mol. The first-order valence-corrected chi connectivity index (χ1v) is 17.4. The van der Waals surface area contributed by atoms with Gasteiger partial charge in [0.1, 0.15) is 0 Å². The lowest BCUT2D eigenvalue weighted by Gasteiger charge is -2.32. The second-order valence-electron chi connectivity index (χ2n) is 13.2. The number of anilines is 3. The lowest BCUT2D eigenvalue weighted by Crippen LogP contribution is -2.26. The van der Waals surface area contributed by atoms with E-state index in [4.69, 9.17) is 0 Å². The van der Waals surface area contributed by atoms with Gasteiger partial charge in [0.15, 0.2) is 0 Å². The maximum Gasteiger partial charge on any atom is 0.0726 e. The highest BCUT2D eigenvalue weighted by atomic mass is 15.1. The molecule has 1 nitrogen and oxygen atoms in total. The second-order valence-corrected chi connectivity index (χ2v) is 13.2. The van der Waals surface area contributed by atoms with Crippen molar-refractivity contribution in [3.63, 3.8) is 0 Å². The summed E-state index contributed by atoms with van der Waals surface area (Å²) in [5, 5.41) is 0. The molecule has 2 aliphatic carbocycles. The molecule has 0 amide bonds. The van der Waals surface area contributed by atoms with Gasteiger partial charge in [0.2, 0.25) is 0 Å². The van der Waals surface area contributed by atoms with Gasteiger partial charge in [0.05, 0.1) is 11.1 Å². The van der Waals surface area contributed by atoms with Gasteiger partial charge in [-0.2, -0.15) is 0 Å². The average molecular weight is 636 g/mol. The molecule has 0 fully saturated rings. The Bertz CT molecular complexity index is 2470. The van der Waals surface area contributed by atoms with Crippen LogP contribution in [0, 0.1) is 0 Å². The summed E-state index contributed by atoms with van der Waals surface area (Å²) in [5.41, 5.74) is 18.4. The molecule has 1 heteroatoms. The Kier molecular flexibility index (Phi) is 6.47. The SMILES string of the molecule is c1ccc(-c2ccc(N(c3ccc4c(c3)C3(c5ccccc5-c5ccccc53)c3ccccc3-4)c3ccccc3-c3ccccc3)cc2)cc1. The van der Waals surface area contributed by atoms with Gasteiger partial charge in [-0.1, -0.05) is 170 Å². The van der Waals surface area contributed by atoms with Gasteiger partial charge in [0, 0.05) is 16.9 Å². The minimum absolute atomic E-state index is 0.406. The molecule has 0 saturated heterocycles. The van der Waals surface area contributed by atoms with Gasteiger partial charge < -0.3 is 4.90 Å². The summed E-state index contributed by atoms with van der Waals surface area (Å²) in [5.74, 6) is 0. The zero-order valence-corrected chi connectivity index (χ0v) is 27.5. The third kappa shape index (κ3) is 4.14. The topological polar surface area (TPSA) is 3.24 Å². The van der Waals surface area contributed by atoms with Crippen molar-refractivity contribution in [1.82, 2.24) is 0 Å². The van der Waals surface area contributed by atoms with E-state index in [9.17, 15) is 0 Å². The summed E-state index contributed by atoms with van der Waals surface area (Å²) in [4.78, 5) is 2.45. The van der Waals surface area contributed by atoms with Crippen LogP contribution < -0.4 is 4.90 Å². The fourth-order valence-electron chi connectivity index (χ4n) is 8.61. The van der Waals surface area contributed by atoms with E-state index >= 15 is 0 Å². The summed E-state index contributed by atoms with van der Waals surface area (Å²) in [7, 11) is 0. The van der Waals surface area contributed by atoms with Crippen molar-refractivity contribution in [3.05, 3.63) is 222 Å². The molecule has 10 rings (SSSR count). The Morgan fingerprint density at radius 3 is 1.28 bits per heavy atom. The molecule has 0 heterocycles. The minimum atomic E-state index is -0.406. The van der Waals surface area contributed by atoms with E-state index in [2.05, 4.69) is 205 Å². The van der Waals surface area contributed by atoms with E-state index in [1.165, 1.54) is 66.8 Å². The molecule has 0 saturated carbocycles. The molecule has 0 atom stereocenters. The molecule has 0 radical (unpaired) electrons. The van der Waals surface area contributed by atoms with E-state index in [0.29, 0.717) is 0 Å². The third-order valence-corrected chi connectivity index (χ3v) is 10.7. The van der Waals surface area contributed by atoms with E-state index in [1.54, 1.807) is 0 Å². The van der Waals surface area contributed by atoms with E-state index in [1.807, 2.05) is 0 Å². The first kappa shape index (κ1) is 28.6. The maximum atomic E-state index is 2.47. The minimum Gasteiger partial charge on any atom is -0.310 e. The lowest BCUT2D eigenvalue weighted by molar-refractivity contribution is 0.793. The number of hydrogen-bond donors (Lipinski definition) is 0. The second kappa shape index (κ2) is 11.3. The zero-order chi connectivity index (χ0) is 33.1. The van der Waals surface area contributed by atoms with E-state index in [0.717, 1.165) is 17.1 Å². The quantitative estimate of drug-likeness (QED) is 0.182. The molecule has 0 N–H and O–H groups in total. The first-order chi connectivity index (χ1) is 24.8. The Hall–Kier alpha value is -6.44. The zero-order valence-electron chi connectivity index (χ0n) is 27.5. The number of fused-ring (bicyclic) bond motifs is 10. The summed E-state index contributed by atoms with van der Waals surface area (Å²) in [6.07, 6.45) is 0. The average Bonchev–Trinajstić information content (AvgIpc) is 3.66. The smallest absolute Gasteiger partial charge is 0.0726 e. The van der Waals surface area contributed by atoms with Crippen LogP contribution in [0.3, 0.4) is 0 Å². The fourth-order valence-corrected chi connectivity index (χ4v) is 8.61. The fraction of sp³-hybridized carbons (Fsp3) is 0.0204. The van der Waals surface area contributed by atoms with Crippen LogP contribution in [0.5, 0.6) is 0 Å². The monoisotopic (exact) mass is 635 g/mol. The molecule has 2 aliphatic rings. The van der Waals surface area contributed by atoms with Gasteiger partial charge in [-0.25, -0.2) is 0 Å². The van der Waals surface area contributed by atoms with Crippen molar-refractivity contribution < 1.29 is 0 Å². The van der Waals surface area contributed by atoms with Crippen LogP contribution in [-0.4, -0.2) is 0 Å². The van der Waals surface area contributed by atoms with Crippen molar-refractivity contribution in [2.24, 2.45) is 0 Å². The van der Waals surface area contributed by atoms with Gasteiger partial charge >= 0.3 is 0 Å². The maximum absolute atomic E-state index is 2.47. The number of rotatable bonds is 5. The highest BCUT2D eigenvalue weighted by molar-refractivity contribution is 5.97. The summed E-state index contributed by atoms with van der Waals surface area (Å²) >= 11 is 0. The van der Waals surface area contributed by atoms with Gasteiger partial charge in [-0.05, 0) is 91.5 Å². The number of para-hydroxylation sites is 1. The summed E-state index contributed by atoms with van der Waals surface area (Å²) < 4.78 is 0. The highest BCUT2D eigenvalue weighted by Crippen LogP contribution is 2.63. The number of nitrogens with zero attached hydrogens (tertiary/aromatic N) is 1. The van der Waals surface area contributed by atoms with Crippen molar-refractivity contribution in [2.45, 2.75) is 5.41 Å².